The molecule has 1 amide bonds. The average Bonchev–Trinajstić information content (AvgIpc) is 2.57. The van der Waals surface area contributed by atoms with Crippen LogP contribution in [-0.4, -0.2) is 37.5 Å². The quantitative estimate of drug-likeness (QED) is 0.271. The van der Waals surface area contributed by atoms with Gasteiger partial charge >= 0.3 is 6.09 Å². The second-order valence-corrected chi connectivity index (χ2v) is 11.9. The van der Waals surface area contributed by atoms with Gasteiger partial charge in [-0.05, 0) is 80.3 Å². The monoisotopic (exact) mass is 558 g/mol. The van der Waals surface area contributed by atoms with Crippen molar-refractivity contribution in [3.05, 3.63) is 21.8 Å². The Morgan fingerprint density at radius 2 is 1.90 bits per heavy atom. The number of nitrogens with one attached hydrogen (secondary N) is 2. The van der Waals surface area contributed by atoms with E-state index in [4.69, 9.17) is 15.4 Å². The number of hydrogen-bond donors (Lipinski definition) is 3. The molecule has 1 aliphatic rings. The first-order valence-corrected chi connectivity index (χ1v) is 12.9. The molecule has 0 unspecified atom stereocenters. The number of aliphatic hydroxyl groups excluding tert-OH is 1. The minimum Gasteiger partial charge on any atom is -0.444 e. The van der Waals surface area contributed by atoms with E-state index in [1.54, 1.807) is 26.8 Å². The summed E-state index contributed by atoms with van der Waals surface area (Å²) in [5.74, 6) is 0.111. The van der Waals surface area contributed by atoms with Crippen molar-refractivity contribution in [2.24, 2.45) is 5.92 Å². The van der Waals surface area contributed by atoms with Crippen LogP contribution in [0.3, 0.4) is 0 Å². The van der Waals surface area contributed by atoms with Gasteiger partial charge in [-0.3, -0.25) is 0 Å². The largest absolute Gasteiger partial charge is 0.444 e. The molecular formula is C19H28ClIN2O5S. The molecule has 1 aromatic rings. The summed E-state index contributed by atoms with van der Waals surface area (Å²) >= 11 is 1.88. The molecule has 10 heteroatoms. The van der Waals surface area contributed by atoms with Crippen molar-refractivity contribution in [2.45, 2.75) is 75.6 Å². The van der Waals surface area contributed by atoms with Gasteiger partial charge in [-0.15, -0.1) is 0 Å². The second-order valence-electron chi connectivity index (χ2n) is 8.24. The minimum atomic E-state index is -3.84. The third-order valence-corrected chi connectivity index (χ3v) is 7.33. The van der Waals surface area contributed by atoms with Crippen LogP contribution in [0.25, 0.3) is 0 Å². The third kappa shape index (κ3) is 7.76. The third-order valence-electron chi connectivity index (χ3n) is 4.69. The van der Waals surface area contributed by atoms with E-state index in [9.17, 15) is 18.3 Å². The van der Waals surface area contributed by atoms with Crippen molar-refractivity contribution >= 4 is 54.1 Å². The van der Waals surface area contributed by atoms with Crippen LogP contribution in [0.4, 0.5) is 10.5 Å². The van der Waals surface area contributed by atoms with Gasteiger partial charge in [-0.1, -0.05) is 19.3 Å². The number of anilines is 1. The van der Waals surface area contributed by atoms with Gasteiger partial charge in [0.2, 0.25) is 0 Å². The van der Waals surface area contributed by atoms with Crippen molar-refractivity contribution in [3.8, 4) is 0 Å². The van der Waals surface area contributed by atoms with Gasteiger partial charge in [0.15, 0.2) is 0 Å². The van der Waals surface area contributed by atoms with E-state index in [0.717, 1.165) is 32.1 Å². The van der Waals surface area contributed by atoms with E-state index in [0.29, 0.717) is 9.26 Å². The highest BCUT2D eigenvalue weighted by Crippen LogP contribution is 2.30. The molecule has 2 atom stereocenters. The molecule has 1 saturated carbocycles. The molecule has 0 bridgehead atoms. The molecule has 0 spiro atoms. The Bertz CT molecular complexity index is 822. The maximum Gasteiger partial charge on any atom is 0.408 e. The zero-order valence-electron chi connectivity index (χ0n) is 16.7. The molecule has 29 heavy (non-hydrogen) atoms. The number of amides is 1. The molecule has 1 aromatic carbocycles. The summed E-state index contributed by atoms with van der Waals surface area (Å²) in [5.41, 5.74) is -0.115. The summed E-state index contributed by atoms with van der Waals surface area (Å²) < 4.78 is 28.9. The van der Waals surface area contributed by atoms with E-state index in [1.165, 1.54) is 12.1 Å². The van der Waals surface area contributed by atoms with Gasteiger partial charge in [0.25, 0.3) is 9.05 Å². The second kappa shape index (κ2) is 10.0. The van der Waals surface area contributed by atoms with E-state index >= 15 is 0 Å². The van der Waals surface area contributed by atoms with Crippen molar-refractivity contribution in [1.29, 1.82) is 0 Å². The molecule has 7 nitrogen and oxygen atoms in total. The van der Waals surface area contributed by atoms with E-state index in [-0.39, 0.29) is 10.8 Å². The van der Waals surface area contributed by atoms with Crippen LogP contribution in [0.5, 0.6) is 0 Å². The van der Waals surface area contributed by atoms with Gasteiger partial charge in [0.05, 0.1) is 10.9 Å². The van der Waals surface area contributed by atoms with Crippen LogP contribution in [0, 0.1) is 9.49 Å². The molecule has 1 fully saturated rings. The Kier molecular flexibility index (Phi) is 8.46. The normalized spacial score (nSPS) is 18.0. The summed E-state index contributed by atoms with van der Waals surface area (Å²) in [5, 5.41) is 16.6. The molecule has 0 aliphatic heterocycles. The maximum atomic E-state index is 12.3. The van der Waals surface area contributed by atoms with E-state index in [2.05, 4.69) is 10.6 Å². The fraction of sp³-hybridized carbons (Fsp3) is 0.632. The van der Waals surface area contributed by atoms with E-state index < -0.39 is 33.0 Å². The lowest BCUT2D eigenvalue weighted by molar-refractivity contribution is 0.0367. The van der Waals surface area contributed by atoms with Crippen LogP contribution in [0.15, 0.2) is 23.1 Å². The number of benzene rings is 1. The number of aliphatic hydroxyl groups is 1. The maximum absolute atomic E-state index is 12.3. The van der Waals surface area contributed by atoms with Crippen LogP contribution in [0.2, 0.25) is 0 Å². The lowest BCUT2D eigenvalue weighted by atomic mass is 9.83. The van der Waals surface area contributed by atoms with Crippen molar-refractivity contribution in [1.82, 2.24) is 5.32 Å². The molecule has 164 valence electrons. The summed E-state index contributed by atoms with van der Waals surface area (Å²) in [6.07, 6.45) is 3.40. The molecule has 0 aromatic heterocycles. The minimum absolute atomic E-state index is 0.00974. The first-order valence-electron chi connectivity index (χ1n) is 9.55. The highest BCUT2D eigenvalue weighted by molar-refractivity contribution is 14.1. The number of carbonyl (C=O) groups is 1. The van der Waals surface area contributed by atoms with Crippen LogP contribution in [-0.2, 0) is 13.8 Å². The molecular weight excluding hydrogens is 531 g/mol. The van der Waals surface area contributed by atoms with Crippen LogP contribution in [0.1, 0.15) is 52.9 Å². The standard InChI is InChI=1S/C19H28ClIN2O5S/c1-19(2,3)28-18(25)23-16(12-7-5-4-6-8-12)17(24)22-13-9-10-15(14(21)11-13)29(20,26)27/h9-12,16-17,22,24H,4-8H2,1-3H3,(H,23,25)/t16-,17-/m0/s1. The highest BCUT2D eigenvalue weighted by Gasteiger charge is 2.32. The highest BCUT2D eigenvalue weighted by atomic mass is 127. The van der Waals surface area contributed by atoms with E-state index in [1.807, 2.05) is 22.6 Å². The van der Waals surface area contributed by atoms with Gasteiger partial charge in [0, 0.05) is 19.9 Å². The molecule has 3 N–H and O–H groups in total. The number of carbonyl (C=O) groups excluding carboxylic acids is 1. The lowest BCUT2D eigenvalue weighted by Crippen LogP contribution is -2.52. The number of ether oxygens (including phenoxy) is 1. The first kappa shape index (κ1) is 24.5. The fourth-order valence-corrected chi connectivity index (χ4v) is 6.14. The topological polar surface area (TPSA) is 105 Å². The smallest absolute Gasteiger partial charge is 0.408 e. The van der Waals surface area contributed by atoms with Gasteiger partial charge < -0.3 is 20.5 Å². The number of halogens is 2. The van der Waals surface area contributed by atoms with Crippen LogP contribution < -0.4 is 10.6 Å². The Hall–Kier alpha value is -0.780. The van der Waals surface area contributed by atoms with Crippen LogP contribution >= 0.6 is 33.3 Å². The fourth-order valence-electron chi connectivity index (χ4n) is 3.44. The summed E-state index contributed by atoms with van der Waals surface area (Å²) in [4.78, 5) is 12.3. The number of rotatable bonds is 6. The van der Waals surface area contributed by atoms with Crippen molar-refractivity contribution < 1.29 is 23.1 Å². The average molecular weight is 559 g/mol. The Labute approximate surface area is 190 Å². The lowest BCUT2D eigenvalue weighted by Gasteiger charge is -2.35. The molecule has 0 radical (unpaired) electrons. The zero-order valence-corrected chi connectivity index (χ0v) is 20.5. The molecule has 2 rings (SSSR count). The van der Waals surface area contributed by atoms with Gasteiger partial charge in [0.1, 0.15) is 11.8 Å². The Balaban J connectivity index is 2.17. The van der Waals surface area contributed by atoms with Gasteiger partial charge in [-0.2, -0.15) is 0 Å². The number of hydrogen-bond acceptors (Lipinski definition) is 6. The van der Waals surface area contributed by atoms with Crippen molar-refractivity contribution in [3.63, 3.8) is 0 Å². The molecule has 0 saturated heterocycles. The Morgan fingerprint density at radius 1 is 1.28 bits per heavy atom. The summed E-state index contributed by atoms with van der Waals surface area (Å²) in [7, 11) is 1.58. The predicted molar refractivity (Wildman–Crippen MR) is 122 cm³/mol. The molecule has 0 heterocycles. The Morgan fingerprint density at radius 3 is 2.41 bits per heavy atom. The van der Waals surface area contributed by atoms with Gasteiger partial charge in [-0.25, -0.2) is 13.2 Å². The molecule has 1 aliphatic carbocycles. The number of alkyl carbamates (subject to hydrolysis) is 1. The zero-order chi connectivity index (χ0) is 21.8. The predicted octanol–water partition coefficient (Wildman–Crippen LogP) is 4.42. The summed E-state index contributed by atoms with van der Waals surface area (Å²) in [6, 6.07) is 3.96. The SMILES string of the molecule is CC(C)(C)OC(=O)N[C@@H](C1CCCCC1)[C@H](O)Nc1ccc(S(=O)(=O)Cl)c(I)c1. The van der Waals surface area contributed by atoms with Crippen molar-refractivity contribution in [2.75, 3.05) is 5.32 Å². The first-order chi connectivity index (χ1) is 13.4. The summed E-state index contributed by atoms with van der Waals surface area (Å²) in [6.45, 7) is 5.35.